The fraction of sp³-hybridized carbons (Fsp3) is 0.435. The van der Waals surface area contributed by atoms with Crippen molar-refractivity contribution in [1.82, 2.24) is 20.4 Å². The molecular weight excluding hydrogens is 487 g/mol. The third kappa shape index (κ3) is 5.22. The zero-order valence-electron chi connectivity index (χ0n) is 19.9. The number of halogens is 1. The molecule has 1 aromatic carbocycles. The maximum absolute atomic E-state index is 14.4. The summed E-state index contributed by atoms with van der Waals surface area (Å²) in [5, 5.41) is 23.6. The average Bonchev–Trinajstić information content (AvgIpc) is 3.51. The van der Waals surface area contributed by atoms with Crippen molar-refractivity contribution < 1.29 is 18.7 Å². The van der Waals surface area contributed by atoms with E-state index in [1.54, 1.807) is 25.4 Å². The number of ether oxygens (including phenoxy) is 2. The van der Waals surface area contributed by atoms with Crippen LogP contribution in [0.25, 0.3) is 0 Å². The van der Waals surface area contributed by atoms with Gasteiger partial charge in [0.05, 0.1) is 11.8 Å². The lowest BCUT2D eigenvalue weighted by Gasteiger charge is -2.40. The highest BCUT2D eigenvalue weighted by Crippen LogP contribution is 2.32. The Morgan fingerprint density at radius 3 is 2.78 bits per heavy atom. The molecule has 2 N–H and O–H groups in total. The summed E-state index contributed by atoms with van der Waals surface area (Å²) in [5.41, 5.74) is 0.974. The molecule has 3 aromatic rings. The fourth-order valence-corrected chi connectivity index (χ4v) is 5.10. The summed E-state index contributed by atoms with van der Waals surface area (Å²) in [6, 6.07) is 8.48. The predicted molar refractivity (Wildman–Crippen MR) is 134 cm³/mol. The van der Waals surface area contributed by atoms with E-state index in [1.165, 1.54) is 24.5 Å². The van der Waals surface area contributed by atoms with Crippen LogP contribution < -0.4 is 20.4 Å². The van der Waals surface area contributed by atoms with Gasteiger partial charge < -0.3 is 24.6 Å². The number of benzene rings is 1. The number of methoxy groups -OCH3 is 2. The molecule has 4 heterocycles. The molecule has 2 atom stereocenters. The van der Waals surface area contributed by atoms with E-state index in [0.717, 1.165) is 30.5 Å². The van der Waals surface area contributed by atoms with Crippen LogP contribution in [-0.2, 0) is 14.3 Å². The molecule has 11 nitrogen and oxygen atoms in total. The third-order valence-electron chi connectivity index (χ3n) is 6.30. The van der Waals surface area contributed by atoms with E-state index >= 15 is 0 Å². The first-order valence-corrected chi connectivity index (χ1v) is 12.4. The van der Waals surface area contributed by atoms with Crippen LogP contribution in [0.2, 0.25) is 0 Å². The van der Waals surface area contributed by atoms with Gasteiger partial charge in [-0.05, 0) is 36.2 Å². The van der Waals surface area contributed by atoms with E-state index in [0.29, 0.717) is 29.5 Å². The van der Waals surface area contributed by atoms with Gasteiger partial charge in [0, 0.05) is 52.6 Å². The molecule has 0 saturated carbocycles. The van der Waals surface area contributed by atoms with Crippen LogP contribution in [-0.4, -0.2) is 78.8 Å². The number of hydrogen-bond acceptors (Lipinski definition) is 11. The summed E-state index contributed by atoms with van der Waals surface area (Å²) in [6.45, 7) is 2.73. The highest BCUT2D eigenvalue weighted by Gasteiger charge is 2.31. The van der Waals surface area contributed by atoms with Crippen LogP contribution >= 0.6 is 11.3 Å². The number of rotatable bonds is 9. The molecule has 36 heavy (non-hydrogen) atoms. The van der Waals surface area contributed by atoms with Gasteiger partial charge in [0.15, 0.2) is 6.10 Å². The molecule has 2 aliphatic rings. The number of nitrogens with one attached hydrogen (secondary N) is 2. The number of carbonyl (C=O) groups is 1. The molecule has 2 aliphatic heterocycles. The average molecular weight is 515 g/mol. The van der Waals surface area contributed by atoms with Crippen molar-refractivity contribution in [1.29, 1.82) is 0 Å². The van der Waals surface area contributed by atoms with Gasteiger partial charge >= 0.3 is 0 Å². The molecule has 190 valence electrons. The molecule has 2 fully saturated rings. The molecule has 2 saturated heterocycles. The minimum Gasteiger partial charge on any atom is -0.378 e. The molecule has 5 rings (SSSR count). The number of carbonyl (C=O) groups excluding carboxylic acids is 1. The van der Waals surface area contributed by atoms with Gasteiger partial charge in [0.1, 0.15) is 11.6 Å². The maximum Gasteiger partial charge on any atom is 0.259 e. The molecule has 1 unspecified atom stereocenters. The maximum atomic E-state index is 14.4. The van der Waals surface area contributed by atoms with Crippen molar-refractivity contribution in [3.05, 3.63) is 47.9 Å². The first-order chi connectivity index (χ1) is 17.5. The summed E-state index contributed by atoms with van der Waals surface area (Å²) >= 11 is 1.29. The van der Waals surface area contributed by atoms with Gasteiger partial charge in [-0.2, -0.15) is 5.10 Å². The topological polar surface area (TPSA) is 118 Å². The van der Waals surface area contributed by atoms with Crippen molar-refractivity contribution in [2.24, 2.45) is 0 Å². The Balaban J connectivity index is 1.20. The van der Waals surface area contributed by atoms with E-state index in [-0.39, 0.29) is 18.0 Å². The summed E-state index contributed by atoms with van der Waals surface area (Å²) < 4.78 is 25.2. The molecule has 0 spiro atoms. The highest BCUT2D eigenvalue weighted by molar-refractivity contribution is 7.19. The van der Waals surface area contributed by atoms with Gasteiger partial charge in [0.25, 0.3) is 5.91 Å². The normalized spacial score (nSPS) is 18.7. The monoisotopic (exact) mass is 514 g/mol. The number of hydrogen-bond donors (Lipinski definition) is 2. The molecule has 1 amide bonds. The Kier molecular flexibility index (Phi) is 7.20. The first-order valence-electron chi connectivity index (χ1n) is 11.6. The zero-order chi connectivity index (χ0) is 25.1. The molecular formula is C23H27FN8O3S. The number of amides is 1. The van der Waals surface area contributed by atoms with Crippen molar-refractivity contribution in [2.45, 2.75) is 24.7 Å². The lowest BCUT2D eigenvalue weighted by atomic mass is 10.0. The van der Waals surface area contributed by atoms with Crippen LogP contribution in [0.5, 0.6) is 0 Å². The fourth-order valence-electron chi connectivity index (χ4n) is 4.32. The lowest BCUT2D eigenvalue weighted by molar-refractivity contribution is -0.126. The Bertz CT molecular complexity index is 1190. The van der Waals surface area contributed by atoms with Crippen molar-refractivity contribution >= 4 is 39.0 Å². The number of anilines is 4. The molecule has 0 radical (unpaired) electrons. The van der Waals surface area contributed by atoms with E-state index in [1.807, 2.05) is 17.0 Å². The minimum atomic E-state index is -0.927. The summed E-state index contributed by atoms with van der Waals surface area (Å²) in [4.78, 5) is 17.0. The number of aromatic nitrogens is 4. The minimum absolute atomic E-state index is 0.0786. The van der Waals surface area contributed by atoms with Gasteiger partial charge in [-0.15, -0.1) is 15.3 Å². The molecule has 13 heteroatoms. The van der Waals surface area contributed by atoms with Gasteiger partial charge in [-0.1, -0.05) is 17.4 Å². The van der Waals surface area contributed by atoms with Crippen molar-refractivity contribution in [3.63, 3.8) is 0 Å². The van der Waals surface area contributed by atoms with Gasteiger partial charge in [-0.25, -0.2) is 4.39 Å². The Morgan fingerprint density at radius 2 is 2.03 bits per heavy atom. The van der Waals surface area contributed by atoms with Crippen LogP contribution in [0.15, 0.2) is 36.5 Å². The van der Waals surface area contributed by atoms with Crippen LogP contribution in [0, 0.1) is 5.82 Å². The van der Waals surface area contributed by atoms with E-state index in [4.69, 9.17) is 9.47 Å². The largest absolute Gasteiger partial charge is 0.378 e. The first kappa shape index (κ1) is 24.3. The second-order valence-electron chi connectivity index (χ2n) is 8.65. The van der Waals surface area contributed by atoms with Crippen molar-refractivity contribution in [3.8, 4) is 0 Å². The van der Waals surface area contributed by atoms with E-state index < -0.39 is 12.0 Å². The third-order valence-corrected chi connectivity index (χ3v) is 7.20. The van der Waals surface area contributed by atoms with Crippen LogP contribution in [0.4, 0.5) is 26.2 Å². The molecule has 0 bridgehead atoms. The zero-order valence-corrected chi connectivity index (χ0v) is 20.7. The quantitative estimate of drug-likeness (QED) is 0.440. The Labute approximate surface area is 211 Å². The summed E-state index contributed by atoms with van der Waals surface area (Å²) in [7, 11) is 3.08. The smallest absolute Gasteiger partial charge is 0.259 e. The highest BCUT2D eigenvalue weighted by atomic mass is 32.1. The Hall–Kier alpha value is -3.42. The molecule has 0 aliphatic carbocycles. The van der Waals surface area contributed by atoms with Crippen LogP contribution in [0.1, 0.15) is 18.1 Å². The second-order valence-corrected chi connectivity index (χ2v) is 9.61. The van der Waals surface area contributed by atoms with Crippen LogP contribution in [0.3, 0.4) is 0 Å². The summed E-state index contributed by atoms with van der Waals surface area (Å²) in [5.74, 6) is -0.0217. The van der Waals surface area contributed by atoms with E-state index in [2.05, 4.69) is 35.9 Å². The Morgan fingerprint density at radius 1 is 1.17 bits per heavy atom. The van der Waals surface area contributed by atoms with E-state index in [9.17, 15) is 9.18 Å². The van der Waals surface area contributed by atoms with Crippen molar-refractivity contribution in [2.75, 3.05) is 60.8 Å². The SMILES string of the molecule is COC1CN(c2cc(C(OC)C(=O)Nc3nnc(N4CC[C@@H](Nc5cccnn5)C4)s3)ccc2F)C1. The van der Waals surface area contributed by atoms with Gasteiger partial charge in [0.2, 0.25) is 10.3 Å². The predicted octanol–water partition coefficient (Wildman–Crippen LogP) is 2.32. The second kappa shape index (κ2) is 10.7. The lowest BCUT2D eigenvalue weighted by Crippen LogP contribution is -2.52. The standard InChI is InChI=1S/C23H27FN8O3S/c1-34-16-12-32(13-16)18-10-14(5-6-17(18)24)20(35-2)21(33)27-22-29-30-23(36-22)31-9-7-15(11-31)26-19-4-3-8-25-28-19/h3-6,8,10,15-16,20H,7,9,11-13H2,1-2H3,(H,26,28)(H,27,29,33)/t15-,20?/m1/s1. The summed E-state index contributed by atoms with van der Waals surface area (Å²) in [6.07, 6.45) is 1.70. The number of nitrogens with zero attached hydrogens (tertiary/aromatic N) is 6. The molecule has 2 aromatic heterocycles. The van der Waals surface area contributed by atoms with Gasteiger partial charge in [-0.3, -0.25) is 10.1 Å².